The molecule has 2 fully saturated rings. The van der Waals surface area contributed by atoms with Crippen LogP contribution in [0.15, 0.2) is 54.7 Å². The van der Waals surface area contributed by atoms with Crippen LogP contribution >= 0.6 is 0 Å². The number of imidazole rings is 2. The van der Waals surface area contributed by atoms with Crippen molar-refractivity contribution in [2.45, 2.75) is 44.7 Å². The van der Waals surface area contributed by atoms with E-state index in [-0.39, 0.29) is 0 Å². The van der Waals surface area contributed by atoms with Crippen LogP contribution in [0, 0.1) is 6.92 Å². The lowest BCUT2D eigenvalue weighted by Crippen LogP contribution is -2.14. The van der Waals surface area contributed by atoms with Crippen LogP contribution in [0.4, 0.5) is 0 Å². The van der Waals surface area contributed by atoms with Gasteiger partial charge in [0.25, 0.3) is 0 Å². The molecule has 0 saturated carbocycles. The van der Waals surface area contributed by atoms with Gasteiger partial charge in [0, 0.05) is 11.3 Å². The Morgan fingerprint density at radius 3 is 1.88 bits per heavy atom. The first-order valence-electron chi connectivity index (χ1n) is 12.0. The summed E-state index contributed by atoms with van der Waals surface area (Å²) in [5.41, 5.74) is 7.97. The van der Waals surface area contributed by atoms with Crippen molar-refractivity contribution in [3.8, 4) is 33.6 Å². The van der Waals surface area contributed by atoms with Crippen LogP contribution < -0.4 is 10.6 Å². The van der Waals surface area contributed by atoms with Gasteiger partial charge < -0.3 is 20.6 Å². The number of aromatic amines is 2. The second-order valence-corrected chi connectivity index (χ2v) is 9.23. The zero-order valence-electron chi connectivity index (χ0n) is 19.0. The molecule has 4 N–H and O–H groups in total. The zero-order chi connectivity index (χ0) is 22.2. The van der Waals surface area contributed by atoms with E-state index in [0.29, 0.717) is 12.1 Å². The molecule has 6 heteroatoms. The van der Waals surface area contributed by atoms with Gasteiger partial charge in [0.15, 0.2) is 0 Å². The molecule has 0 aliphatic carbocycles. The Kier molecular flexibility index (Phi) is 5.32. The highest BCUT2D eigenvalue weighted by molar-refractivity contribution is 5.72. The van der Waals surface area contributed by atoms with Gasteiger partial charge in [-0.2, -0.15) is 0 Å². The van der Waals surface area contributed by atoms with Crippen LogP contribution in [-0.4, -0.2) is 33.0 Å². The molecule has 0 spiro atoms. The molecule has 0 unspecified atom stereocenters. The molecule has 4 aromatic rings. The number of rotatable bonds is 5. The monoisotopic (exact) mass is 438 g/mol. The van der Waals surface area contributed by atoms with E-state index in [0.717, 1.165) is 65.8 Å². The number of H-pyrrole nitrogens is 2. The standard InChI is InChI=1S/C27H30N6/c1-17-25(33-27(31-17)23-5-3-15-29-23)21-12-8-19(9-13-21)18-6-10-20(11-7-18)24-16-30-26(32-24)22-4-2-14-28-22/h6-13,16,22-23,28-29H,2-5,14-15H2,1H3,(H,30,32)(H,31,33)/t22-,23-/m0/s1. The first-order chi connectivity index (χ1) is 16.2. The molecule has 6 rings (SSSR count). The molecule has 2 atom stereocenters. The molecule has 0 radical (unpaired) electrons. The lowest BCUT2D eigenvalue weighted by molar-refractivity contribution is 0.612. The number of aromatic nitrogens is 4. The maximum atomic E-state index is 4.91. The maximum Gasteiger partial charge on any atom is 0.124 e. The van der Waals surface area contributed by atoms with Crippen molar-refractivity contribution in [1.29, 1.82) is 0 Å². The van der Waals surface area contributed by atoms with Gasteiger partial charge in [-0.25, -0.2) is 9.97 Å². The van der Waals surface area contributed by atoms with Crippen LogP contribution in [-0.2, 0) is 0 Å². The highest BCUT2D eigenvalue weighted by Crippen LogP contribution is 2.30. The van der Waals surface area contributed by atoms with Crippen molar-refractivity contribution in [1.82, 2.24) is 30.6 Å². The third-order valence-corrected chi connectivity index (χ3v) is 6.97. The summed E-state index contributed by atoms with van der Waals surface area (Å²) in [5, 5.41) is 7.02. The van der Waals surface area contributed by atoms with E-state index in [1.54, 1.807) is 0 Å². The molecular formula is C27H30N6. The molecule has 4 heterocycles. The van der Waals surface area contributed by atoms with Gasteiger partial charge in [0.1, 0.15) is 11.6 Å². The smallest absolute Gasteiger partial charge is 0.124 e. The van der Waals surface area contributed by atoms with E-state index in [2.05, 4.69) is 81.0 Å². The Morgan fingerprint density at radius 2 is 1.27 bits per heavy atom. The number of nitrogens with one attached hydrogen (secondary N) is 4. The third kappa shape index (κ3) is 4.01. The number of aryl methyl sites for hydroxylation is 1. The summed E-state index contributed by atoms with van der Waals surface area (Å²) >= 11 is 0. The number of nitrogens with zero attached hydrogens (tertiary/aromatic N) is 2. The molecular weight excluding hydrogens is 408 g/mol. The van der Waals surface area contributed by atoms with E-state index >= 15 is 0 Å². The Balaban J connectivity index is 1.19. The second kappa shape index (κ2) is 8.61. The molecule has 2 aliphatic rings. The van der Waals surface area contributed by atoms with Gasteiger partial charge in [-0.1, -0.05) is 48.5 Å². The van der Waals surface area contributed by atoms with Gasteiger partial charge in [0.2, 0.25) is 0 Å². The molecule has 2 saturated heterocycles. The highest BCUT2D eigenvalue weighted by atomic mass is 15.0. The summed E-state index contributed by atoms with van der Waals surface area (Å²) in [6.07, 6.45) is 6.68. The molecule has 2 aromatic heterocycles. The fourth-order valence-electron chi connectivity index (χ4n) is 5.09. The fraction of sp³-hybridized carbons (Fsp3) is 0.333. The number of hydrogen-bond acceptors (Lipinski definition) is 4. The van der Waals surface area contributed by atoms with E-state index in [1.165, 1.54) is 24.0 Å². The summed E-state index contributed by atoms with van der Waals surface area (Å²) in [6, 6.07) is 18.1. The van der Waals surface area contributed by atoms with Crippen molar-refractivity contribution < 1.29 is 0 Å². The van der Waals surface area contributed by atoms with E-state index in [9.17, 15) is 0 Å². The largest absolute Gasteiger partial charge is 0.344 e. The van der Waals surface area contributed by atoms with Crippen molar-refractivity contribution in [2.24, 2.45) is 0 Å². The third-order valence-electron chi connectivity index (χ3n) is 6.97. The first kappa shape index (κ1) is 20.4. The van der Waals surface area contributed by atoms with E-state index < -0.39 is 0 Å². The van der Waals surface area contributed by atoms with Crippen LogP contribution in [0.2, 0.25) is 0 Å². The minimum Gasteiger partial charge on any atom is -0.344 e. The number of benzene rings is 2. The van der Waals surface area contributed by atoms with Crippen LogP contribution in [0.3, 0.4) is 0 Å². The Bertz CT molecular complexity index is 1220. The summed E-state index contributed by atoms with van der Waals surface area (Å²) < 4.78 is 0. The molecule has 33 heavy (non-hydrogen) atoms. The number of hydrogen-bond donors (Lipinski definition) is 4. The molecule has 0 bridgehead atoms. The Labute approximate surface area is 194 Å². The maximum absolute atomic E-state index is 4.91. The fourth-order valence-corrected chi connectivity index (χ4v) is 5.09. The topological polar surface area (TPSA) is 81.4 Å². The van der Waals surface area contributed by atoms with Crippen LogP contribution in [0.5, 0.6) is 0 Å². The van der Waals surface area contributed by atoms with Crippen LogP contribution in [0.25, 0.3) is 33.6 Å². The first-order valence-corrected chi connectivity index (χ1v) is 12.0. The predicted octanol–water partition coefficient (Wildman–Crippen LogP) is 5.29. The molecule has 6 nitrogen and oxygen atoms in total. The summed E-state index contributed by atoms with van der Waals surface area (Å²) in [5.74, 6) is 2.10. The predicted molar refractivity (Wildman–Crippen MR) is 132 cm³/mol. The second-order valence-electron chi connectivity index (χ2n) is 9.23. The van der Waals surface area contributed by atoms with Gasteiger partial charge in [-0.3, -0.25) is 0 Å². The SMILES string of the molecule is Cc1[nH]c([C@@H]2CCCN2)nc1-c1ccc(-c2ccc(-c3cnc([C@@H]4CCCN4)[nH]3)cc2)cc1. The van der Waals surface area contributed by atoms with Gasteiger partial charge >= 0.3 is 0 Å². The minimum atomic E-state index is 0.357. The molecule has 168 valence electrons. The normalized spacial score (nSPS) is 20.5. The molecule has 2 aliphatic heterocycles. The van der Waals surface area contributed by atoms with Crippen molar-refractivity contribution in [2.75, 3.05) is 13.1 Å². The van der Waals surface area contributed by atoms with Crippen LogP contribution in [0.1, 0.15) is 55.1 Å². The van der Waals surface area contributed by atoms with Gasteiger partial charge in [-0.15, -0.1) is 0 Å². The Morgan fingerprint density at radius 1 is 0.697 bits per heavy atom. The average Bonchev–Trinajstić information content (AvgIpc) is 3.66. The van der Waals surface area contributed by atoms with Gasteiger partial charge in [-0.05, 0) is 62.4 Å². The minimum absolute atomic E-state index is 0.357. The van der Waals surface area contributed by atoms with Gasteiger partial charge in [0.05, 0.1) is 29.7 Å². The Hall–Kier alpha value is -3.22. The van der Waals surface area contributed by atoms with E-state index in [4.69, 9.17) is 4.98 Å². The van der Waals surface area contributed by atoms with Crippen molar-refractivity contribution >= 4 is 0 Å². The zero-order valence-corrected chi connectivity index (χ0v) is 19.0. The summed E-state index contributed by atoms with van der Waals surface area (Å²) in [4.78, 5) is 16.5. The average molecular weight is 439 g/mol. The van der Waals surface area contributed by atoms with Crippen molar-refractivity contribution in [3.63, 3.8) is 0 Å². The van der Waals surface area contributed by atoms with E-state index in [1.807, 2.05) is 6.20 Å². The molecule has 2 aromatic carbocycles. The molecule has 0 amide bonds. The summed E-state index contributed by atoms with van der Waals surface area (Å²) in [6.45, 7) is 4.26. The lowest BCUT2D eigenvalue weighted by Gasteiger charge is -2.07. The lowest BCUT2D eigenvalue weighted by atomic mass is 10.0. The highest BCUT2D eigenvalue weighted by Gasteiger charge is 2.21. The quantitative estimate of drug-likeness (QED) is 0.341. The summed E-state index contributed by atoms with van der Waals surface area (Å²) in [7, 11) is 0. The van der Waals surface area contributed by atoms with Crippen molar-refractivity contribution in [3.05, 3.63) is 72.1 Å².